The number of anilines is 1. The molecule has 2 heterocycles. The fourth-order valence-electron chi connectivity index (χ4n) is 2.46. The highest BCUT2D eigenvalue weighted by atomic mass is 15.2. The van der Waals surface area contributed by atoms with E-state index in [1.54, 1.807) is 0 Å². The molecule has 96 valence electrons. The molecule has 3 aromatic rings. The van der Waals surface area contributed by atoms with E-state index in [1.807, 2.05) is 26.1 Å². The molecule has 3 rings (SSSR count). The van der Waals surface area contributed by atoms with Crippen LogP contribution >= 0.6 is 0 Å². The van der Waals surface area contributed by atoms with Gasteiger partial charge in [-0.3, -0.25) is 0 Å². The van der Waals surface area contributed by atoms with Gasteiger partial charge in [0.25, 0.3) is 0 Å². The summed E-state index contributed by atoms with van der Waals surface area (Å²) in [5.74, 6) is 0.821. The van der Waals surface area contributed by atoms with Crippen LogP contribution in [-0.2, 0) is 0 Å². The average molecular weight is 252 g/mol. The largest absolute Gasteiger partial charge is 0.371 e. The van der Waals surface area contributed by atoms with Gasteiger partial charge in [0, 0.05) is 29.2 Å². The lowest BCUT2D eigenvalue weighted by atomic mass is 10.1. The van der Waals surface area contributed by atoms with E-state index in [0.29, 0.717) is 0 Å². The SMILES string of the molecule is CNc1nnc(-c2c(C)[nH]c3ccccc23)cc1C. The smallest absolute Gasteiger partial charge is 0.151 e. The fraction of sp³-hybridized carbons (Fsp3) is 0.200. The molecule has 4 nitrogen and oxygen atoms in total. The molecule has 1 aromatic carbocycles. The summed E-state index contributed by atoms with van der Waals surface area (Å²) in [5.41, 5.74) is 5.39. The van der Waals surface area contributed by atoms with Gasteiger partial charge in [0.1, 0.15) is 0 Å². The van der Waals surface area contributed by atoms with Gasteiger partial charge in [-0.2, -0.15) is 0 Å². The number of benzene rings is 1. The molecule has 0 aliphatic heterocycles. The Morgan fingerprint density at radius 3 is 2.63 bits per heavy atom. The monoisotopic (exact) mass is 252 g/mol. The maximum Gasteiger partial charge on any atom is 0.151 e. The van der Waals surface area contributed by atoms with Crippen LogP contribution in [0.3, 0.4) is 0 Å². The quantitative estimate of drug-likeness (QED) is 0.736. The molecule has 0 amide bonds. The molecular formula is C15H16N4. The number of aromatic amines is 1. The second-order valence-electron chi connectivity index (χ2n) is 4.68. The second-order valence-corrected chi connectivity index (χ2v) is 4.68. The molecule has 2 aromatic heterocycles. The van der Waals surface area contributed by atoms with Gasteiger partial charge < -0.3 is 10.3 Å². The zero-order chi connectivity index (χ0) is 13.4. The first kappa shape index (κ1) is 11.7. The van der Waals surface area contributed by atoms with Gasteiger partial charge in [-0.15, -0.1) is 10.2 Å². The van der Waals surface area contributed by atoms with E-state index in [1.165, 1.54) is 5.39 Å². The number of para-hydroxylation sites is 1. The van der Waals surface area contributed by atoms with E-state index in [2.05, 4.69) is 45.6 Å². The summed E-state index contributed by atoms with van der Waals surface area (Å²) in [6.45, 7) is 4.10. The van der Waals surface area contributed by atoms with Crippen molar-refractivity contribution in [2.24, 2.45) is 0 Å². The van der Waals surface area contributed by atoms with Crippen molar-refractivity contribution in [3.8, 4) is 11.3 Å². The summed E-state index contributed by atoms with van der Waals surface area (Å²) < 4.78 is 0. The minimum atomic E-state index is 0.821. The van der Waals surface area contributed by atoms with Crippen LogP contribution < -0.4 is 5.32 Å². The average Bonchev–Trinajstić information content (AvgIpc) is 2.74. The van der Waals surface area contributed by atoms with Gasteiger partial charge in [-0.25, -0.2) is 0 Å². The standard InChI is InChI=1S/C15H16N4/c1-9-8-13(18-19-15(9)16-3)14-10(2)17-12-7-5-4-6-11(12)14/h4-8,17H,1-3H3,(H,16,19). The highest BCUT2D eigenvalue weighted by Gasteiger charge is 2.12. The van der Waals surface area contributed by atoms with Gasteiger partial charge in [-0.1, -0.05) is 18.2 Å². The number of fused-ring (bicyclic) bond motifs is 1. The van der Waals surface area contributed by atoms with E-state index in [-0.39, 0.29) is 0 Å². The van der Waals surface area contributed by atoms with Crippen molar-refractivity contribution in [1.29, 1.82) is 0 Å². The predicted molar refractivity (Wildman–Crippen MR) is 78.3 cm³/mol. The number of nitrogens with one attached hydrogen (secondary N) is 2. The highest BCUT2D eigenvalue weighted by Crippen LogP contribution is 2.31. The minimum absolute atomic E-state index is 0.821. The molecule has 0 aliphatic carbocycles. The Bertz CT molecular complexity index is 743. The summed E-state index contributed by atoms with van der Waals surface area (Å²) in [6.07, 6.45) is 0. The summed E-state index contributed by atoms with van der Waals surface area (Å²) in [6, 6.07) is 10.3. The number of H-pyrrole nitrogens is 1. The third-order valence-corrected chi connectivity index (χ3v) is 3.37. The van der Waals surface area contributed by atoms with Crippen LogP contribution in [0.5, 0.6) is 0 Å². The van der Waals surface area contributed by atoms with Crippen molar-refractivity contribution in [2.45, 2.75) is 13.8 Å². The van der Waals surface area contributed by atoms with Gasteiger partial charge in [-0.05, 0) is 31.5 Å². The molecule has 4 heteroatoms. The van der Waals surface area contributed by atoms with E-state index in [4.69, 9.17) is 0 Å². The minimum Gasteiger partial charge on any atom is -0.371 e. The second kappa shape index (κ2) is 4.39. The maximum atomic E-state index is 4.33. The Balaban J connectivity index is 2.24. The molecule has 0 radical (unpaired) electrons. The predicted octanol–water partition coefficient (Wildman–Crippen LogP) is 3.28. The first-order valence-electron chi connectivity index (χ1n) is 6.30. The molecule has 0 bridgehead atoms. The Hall–Kier alpha value is -2.36. The van der Waals surface area contributed by atoms with Crippen molar-refractivity contribution in [1.82, 2.24) is 15.2 Å². The third kappa shape index (κ3) is 1.85. The lowest BCUT2D eigenvalue weighted by molar-refractivity contribution is 1.02. The van der Waals surface area contributed by atoms with Crippen LogP contribution in [0.2, 0.25) is 0 Å². The zero-order valence-electron chi connectivity index (χ0n) is 11.3. The Morgan fingerprint density at radius 1 is 1.11 bits per heavy atom. The Kier molecular flexibility index (Phi) is 2.71. The molecule has 2 N–H and O–H groups in total. The van der Waals surface area contributed by atoms with E-state index in [0.717, 1.165) is 33.8 Å². The number of hydrogen-bond acceptors (Lipinski definition) is 3. The third-order valence-electron chi connectivity index (χ3n) is 3.37. The number of aromatic nitrogens is 3. The number of aryl methyl sites for hydroxylation is 2. The molecule has 0 atom stereocenters. The number of nitrogens with zero attached hydrogens (tertiary/aromatic N) is 2. The van der Waals surface area contributed by atoms with Crippen LogP contribution in [0, 0.1) is 13.8 Å². The highest BCUT2D eigenvalue weighted by molar-refractivity contribution is 5.96. The normalized spacial score (nSPS) is 10.9. The topological polar surface area (TPSA) is 53.6 Å². The molecule has 0 unspecified atom stereocenters. The Labute approximate surface area is 111 Å². The molecular weight excluding hydrogens is 236 g/mol. The van der Waals surface area contributed by atoms with Crippen LogP contribution in [0.4, 0.5) is 5.82 Å². The summed E-state index contributed by atoms with van der Waals surface area (Å²) in [5, 5.41) is 12.8. The van der Waals surface area contributed by atoms with Crippen molar-refractivity contribution in [3.05, 3.63) is 41.6 Å². The molecule has 0 spiro atoms. The number of hydrogen-bond donors (Lipinski definition) is 2. The molecule has 0 fully saturated rings. The molecule has 0 saturated heterocycles. The Morgan fingerprint density at radius 2 is 1.89 bits per heavy atom. The van der Waals surface area contributed by atoms with E-state index in [9.17, 15) is 0 Å². The molecule has 0 aliphatic rings. The first-order valence-corrected chi connectivity index (χ1v) is 6.30. The summed E-state index contributed by atoms with van der Waals surface area (Å²) >= 11 is 0. The zero-order valence-corrected chi connectivity index (χ0v) is 11.3. The van der Waals surface area contributed by atoms with Gasteiger partial charge in [0.15, 0.2) is 5.82 Å². The molecule has 19 heavy (non-hydrogen) atoms. The van der Waals surface area contributed by atoms with Crippen molar-refractivity contribution >= 4 is 16.7 Å². The van der Waals surface area contributed by atoms with Gasteiger partial charge in [0.05, 0.1) is 5.69 Å². The maximum absolute atomic E-state index is 4.33. The van der Waals surface area contributed by atoms with Crippen molar-refractivity contribution < 1.29 is 0 Å². The van der Waals surface area contributed by atoms with Crippen LogP contribution in [0.15, 0.2) is 30.3 Å². The van der Waals surface area contributed by atoms with Crippen molar-refractivity contribution in [3.63, 3.8) is 0 Å². The lowest BCUT2D eigenvalue weighted by Gasteiger charge is -2.06. The van der Waals surface area contributed by atoms with Crippen molar-refractivity contribution in [2.75, 3.05) is 12.4 Å². The summed E-state index contributed by atoms with van der Waals surface area (Å²) in [4.78, 5) is 3.39. The van der Waals surface area contributed by atoms with Crippen LogP contribution in [0.25, 0.3) is 22.2 Å². The van der Waals surface area contributed by atoms with E-state index >= 15 is 0 Å². The summed E-state index contributed by atoms with van der Waals surface area (Å²) in [7, 11) is 1.85. The van der Waals surface area contributed by atoms with Gasteiger partial charge >= 0.3 is 0 Å². The lowest BCUT2D eigenvalue weighted by Crippen LogP contribution is -1.99. The van der Waals surface area contributed by atoms with Crippen LogP contribution in [-0.4, -0.2) is 22.2 Å². The fourth-order valence-corrected chi connectivity index (χ4v) is 2.46. The first-order chi connectivity index (χ1) is 9.20. The number of rotatable bonds is 2. The van der Waals surface area contributed by atoms with Gasteiger partial charge in [0.2, 0.25) is 0 Å². The molecule has 0 saturated carbocycles. The van der Waals surface area contributed by atoms with E-state index < -0.39 is 0 Å². The van der Waals surface area contributed by atoms with Crippen LogP contribution in [0.1, 0.15) is 11.3 Å².